The van der Waals surface area contributed by atoms with Crippen molar-refractivity contribution in [2.45, 2.75) is 36.0 Å². The van der Waals surface area contributed by atoms with Crippen LogP contribution in [0.1, 0.15) is 35.4 Å². The molecule has 0 spiro atoms. The number of carboxylic acid groups (broad SMARTS) is 1. The fourth-order valence-corrected chi connectivity index (χ4v) is 3.81. The standard InChI is InChI=1S/C18H19NO4S/c20-17(19-14-7-6-12(10-14)18(21)22)16-13(8-9-23-16)11-24-15-4-2-1-3-5-15/h1-5,8-9,12,14H,6-7,10-11H2,(H,19,20)(H,21,22)/t12-,14+/m0/s1. The Morgan fingerprint density at radius 2 is 2.00 bits per heavy atom. The van der Waals surface area contributed by atoms with Crippen molar-refractivity contribution in [3.8, 4) is 0 Å². The van der Waals surface area contributed by atoms with Crippen LogP contribution in [0.15, 0.2) is 52.0 Å². The summed E-state index contributed by atoms with van der Waals surface area (Å²) in [5.74, 6) is -0.451. The summed E-state index contributed by atoms with van der Waals surface area (Å²) in [6, 6.07) is 11.7. The van der Waals surface area contributed by atoms with Crippen molar-refractivity contribution in [2.24, 2.45) is 5.92 Å². The van der Waals surface area contributed by atoms with Crippen LogP contribution in [0.3, 0.4) is 0 Å². The molecule has 1 aromatic carbocycles. The van der Waals surface area contributed by atoms with Gasteiger partial charge in [-0.3, -0.25) is 9.59 Å². The number of thioether (sulfide) groups is 1. The van der Waals surface area contributed by atoms with Gasteiger partial charge in [0.15, 0.2) is 5.76 Å². The van der Waals surface area contributed by atoms with Crippen molar-refractivity contribution in [1.29, 1.82) is 0 Å². The number of carboxylic acids is 1. The third-order valence-corrected chi connectivity index (χ3v) is 5.27. The van der Waals surface area contributed by atoms with Gasteiger partial charge in [-0.25, -0.2) is 0 Å². The average Bonchev–Trinajstić information content (AvgIpc) is 3.23. The minimum Gasteiger partial charge on any atom is -0.481 e. The van der Waals surface area contributed by atoms with E-state index >= 15 is 0 Å². The minimum absolute atomic E-state index is 0.0988. The second-order valence-corrected chi connectivity index (χ2v) is 6.94. The van der Waals surface area contributed by atoms with Crippen LogP contribution in [0.2, 0.25) is 0 Å². The van der Waals surface area contributed by atoms with Gasteiger partial charge in [-0.05, 0) is 37.5 Å². The predicted octanol–water partition coefficient (Wildman–Crippen LogP) is 3.56. The summed E-state index contributed by atoms with van der Waals surface area (Å²) in [5, 5.41) is 11.9. The molecule has 1 aliphatic rings. The lowest BCUT2D eigenvalue weighted by Crippen LogP contribution is -2.33. The molecular formula is C18H19NO4S. The zero-order valence-corrected chi connectivity index (χ0v) is 13.9. The highest BCUT2D eigenvalue weighted by atomic mass is 32.2. The number of carbonyl (C=O) groups excluding carboxylic acids is 1. The maximum absolute atomic E-state index is 12.4. The number of nitrogens with one attached hydrogen (secondary N) is 1. The Hall–Kier alpha value is -2.21. The molecule has 126 valence electrons. The first kappa shape index (κ1) is 16.6. The van der Waals surface area contributed by atoms with Crippen molar-refractivity contribution in [2.75, 3.05) is 0 Å². The lowest BCUT2D eigenvalue weighted by molar-refractivity contribution is -0.141. The van der Waals surface area contributed by atoms with Gasteiger partial charge in [0.25, 0.3) is 5.91 Å². The van der Waals surface area contributed by atoms with E-state index in [0.29, 0.717) is 30.8 Å². The average molecular weight is 345 g/mol. The molecule has 1 aliphatic carbocycles. The molecule has 1 fully saturated rings. The Morgan fingerprint density at radius 3 is 2.71 bits per heavy atom. The largest absolute Gasteiger partial charge is 0.481 e. The third-order valence-electron chi connectivity index (χ3n) is 4.21. The molecular weight excluding hydrogens is 326 g/mol. The molecule has 1 aromatic heterocycles. The van der Waals surface area contributed by atoms with Gasteiger partial charge in [-0.2, -0.15) is 0 Å². The quantitative estimate of drug-likeness (QED) is 0.783. The van der Waals surface area contributed by atoms with E-state index in [1.54, 1.807) is 17.8 Å². The Kier molecular flexibility index (Phi) is 5.25. The molecule has 0 radical (unpaired) electrons. The smallest absolute Gasteiger partial charge is 0.306 e. The van der Waals surface area contributed by atoms with E-state index in [9.17, 15) is 9.59 Å². The van der Waals surface area contributed by atoms with Gasteiger partial charge in [-0.1, -0.05) is 18.2 Å². The molecule has 0 unspecified atom stereocenters. The van der Waals surface area contributed by atoms with Crippen LogP contribution >= 0.6 is 11.8 Å². The highest BCUT2D eigenvalue weighted by molar-refractivity contribution is 7.98. The van der Waals surface area contributed by atoms with Gasteiger partial charge in [-0.15, -0.1) is 11.8 Å². The van der Waals surface area contributed by atoms with Gasteiger partial charge in [0.1, 0.15) is 0 Å². The van der Waals surface area contributed by atoms with Gasteiger partial charge in [0.2, 0.25) is 0 Å². The lowest BCUT2D eigenvalue weighted by atomic mass is 10.1. The fraction of sp³-hybridized carbons (Fsp3) is 0.333. The number of furan rings is 1. The first-order chi connectivity index (χ1) is 11.6. The van der Waals surface area contributed by atoms with Crippen molar-refractivity contribution in [1.82, 2.24) is 5.32 Å². The molecule has 5 nitrogen and oxygen atoms in total. The van der Waals surface area contributed by atoms with E-state index in [1.165, 1.54) is 6.26 Å². The highest BCUT2D eigenvalue weighted by Crippen LogP contribution is 2.27. The number of hydrogen-bond acceptors (Lipinski definition) is 4. The van der Waals surface area contributed by atoms with Crippen molar-refractivity contribution in [3.05, 3.63) is 54.0 Å². The Bertz CT molecular complexity index is 713. The Balaban J connectivity index is 1.58. The van der Waals surface area contributed by atoms with Crippen LogP contribution < -0.4 is 5.32 Å². The highest BCUT2D eigenvalue weighted by Gasteiger charge is 2.31. The minimum atomic E-state index is -0.787. The first-order valence-electron chi connectivity index (χ1n) is 7.91. The Labute approximate surface area is 144 Å². The van der Waals surface area contributed by atoms with Crippen molar-refractivity contribution < 1.29 is 19.1 Å². The molecule has 1 heterocycles. The monoisotopic (exact) mass is 345 g/mol. The molecule has 3 rings (SSSR count). The zero-order chi connectivity index (χ0) is 16.9. The predicted molar refractivity (Wildman–Crippen MR) is 90.9 cm³/mol. The van der Waals surface area contributed by atoms with Crippen LogP contribution in [0.5, 0.6) is 0 Å². The van der Waals surface area contributed by atoms with E-state index in [4.69, 9.17) is 9.52 Å². The second-order valence-electron chi connectivity index (χ2n) is 5.90. The molecule has 2 aromatic rings. The molecule has 24 heavy (non-hydrogen) atoms. The van der Waals surface area contributed by atoms with E-state index in [2.05, 4.69) is 5.32 Å². The van der Waals surface area contributed by atoms with E-state index < -0.39 is 5.97 Å². The van der Waals surface area contributed by atoms with E-state index in [1.807, 2.05) is 30.3 Å². The summed E-state index contributed by atoms with van der Waals surface area (Å²) in [7, 11) is 0. The van der Waals surface area contributed by atoms with Crippen molar-refractivity contribution in [3.63, 3.8) is 0 Å². The first-order valence-corrected chi connectivity index (χ1v) is 8.90. The van der Waals surface area contributed by atoms with Crippen LogP contribution in [0, 0.1) is 5.92 Å². The topological polar surface area (TPSA) is 79.5 Å². The number of benzene rings is 1. The number of amides is 1. The number of hydrogen-bond donors (Lipinski definition) is 2. The van der Waals surface area contributed by atoms with Gasteiger partial charge < -0.3 is 14.8 Å². The van der Waals surface area contributed by atoms with E-state index in [-0.39, 0.29) is 17.9 Å². The molecule has 2 N–H and O–H groups in total. The molecule has 0 saturated heterocycles. The van der Waals surface area contributed by atoms with Gasteiger partial charge >= 0.3 is 5.97 Å². The second kappa shape index (κ2) is 7.57. The van der Waals surface area contributed by atoms with Crippen LogP contribution in [0.4, 0.5) is 0 Å². The molecule has 6 heteroatoms. The maximum atomic E-state index is 12.4. The Morgan fingerprint density at radius 1 is 1.21 bits per heavy atom. The van der Waals surface area contributed by atoms with Gasteiger partial charge in [0, 0.05) is 22.3 Å². The zero-order valence-electron chi connectivity index (χ0n) is 13.1. The normalized spacial score (nSPS) is 20.0. The number of carbonyl (C=O) groups is 2. The fourth-order valence-electron chi connectivity index (χ4n) is 2.91. The molecule has 0 bridgehead atoms. The van der Waals surface area contributed by atoms with Gasteiger partial charge in [0.05, 0.1) is 12.2 Å². The third kappa shape index (κ3) is 4.00. The summed E-state index contributed by atoms with van der Waals surface area (Å²) < 4.78 is 5.36. The molecule has 1 saturated carbocycles. The molecule has 2 atom stereocenters. The van der Waals surface area contributed by atoms with Crippen LogP contribution in [-0.4, -0.2) is 23.0 Å². The van der Waals surface area contributed by atoms with Crippen LogP contribution in [-0.2, 0) is 10.5 Å². The lowest BCUT2D eigenvalue weighted by Gasteiger charge is -2.12. The molecule has 1 amide bonds. The maximum Gasteiger partial charge on any atom is 0.306 e. The summed E-state index contributed by atoms with van der Waals surface area (Å²) in [5.41, 5.74) is 0.842. The van der Waals surface area contributed by atoms with Crippen molar-refractivity contribution >= 4 is 23.6 Å². The number of aliphatic carboxylic acids is 1. The van der Waals surface area contributed by atoms with E-state index in [0.717, 1.165) is 10.5 Å². The summed E-state index contributed by atoms with van der Waals surface area (Å²) in [4.78, 5) is 24.5. The molecule has 0 aliphatic heterocycles. The summed E-state index contributed by atoms with van der Waals surface area (Å²) in [6.45, 7) is 0. The SMILES string of the molecule is O=C(N[C@@H]1CC[C@H](C(=O)O)C1)c1occc1CSc1ccccc1. The summed E-state index contributed by atoms with van der Waals surface area (Å²) >= 11 is 1.64. The van der Waals surface area contributed by atoms with Crippen LogP contribution in [0.25, 0.3) is 0 Å². The summed E-state index contributed by atoms with van der Waals surface area (Å²) in [6.07, 6.45) is 3.30. The number of rotatable bonds is 6.